The van der Waals surface area contributed by atoms with E-state index >= 15 is 0 Å². The first-order valence-electron chi connectivity index (χ1n) is 8.07. The highest BCUT2D eigenvalue weighted by Crippen LogP contribution is 2.33. The van der Waals surface area contributed by atoms with Crippen molar-refractivity contribution in [3.8, 4) is 5.75 Å². The Balaban J connectivity index is 1.94. The van der Waals surface area contributed by atoms with E-state index in [1.54, 1.807) is 56.5 Å². The van der Waals surface area contributed by atoms with Crippen LogP contribution in [0.5, 0.6) is 5.75 Å². The molecule has 1 atom stereocenters. The summed E-state index contributed by atoms with van der Waals surface area (Å²) in [4.78, 5) is 13.0. The summed E-state index contributed by atoms with van der Waals surface area (Å²) in [5, 5.41) is 10.4. The number of hydrogen-bond acceptors (Lipinski definition) is 3. The number of hydrogen-bond donors (Lipinski definition) is 3. The molecule has 5 nitrogen and oxygen atoms in total. The van der Waals surface area contributed by atoms with Gasteiger partial charge in [-0.15, -0.1) is 0 Å². The summed E-state index contributed by atoms with van der Waals surface area (Å²) in [5.74, 6) is 0.441. The Labute approximate surface area is 172 Å². The Hall–Kier alpha value is -2.28. The minimum absolute atomic E-state index is 0.267. The molecule has 0 radical (unpaired) electrons. The van der Waals surface area contributed by atoms with Crippen LogP contribution >= 0.6 is 35.4 Å². The van der Waals surface area contributed by atoms with Crippen molar-refractivity contribution < 1.29 is 9.53 Å². The zero-order valence-corrected chi connectivity index (χ0v) is 16.9. The van der Waals surface area contributed by atoms with Gasteiger partial charge < -0.3 is 20.7 Å². The van der Waals surface area contributed by atoms with Gasteiger partial charge in [0, 0.05) is 21.4 Å². The first-order valence-corrected chi connectivity index (χ1v) is 9.24. The molecule has 27 heavy (non-hydrogen) atoms. The molecule has 0 fully saturated rings. The molecular weight excluding hydrogens is 405 g/mol. The molecule has 1 unspecified atom stereocenters. The lowest BCUT2D eigenvalue weighted by Crippen LogP contribution is -2.45. The summed E-state index contributed by atoms with van der Waals surface area (Å²) < 4.78 is 5.14. The van der Waals surface area contributed by atoms with Gasteiger partial charge in [-0.3, -0.25) is 4.79 Å². The van der Waals surface area contributed by atoms with Gasteiger partial charge in [0.05, 0.1) is 18.7 Å². The molecule has 1 aliphatic heterocycles. The van der Waals surface area contributed by atoms with Gasteiger partial charge in [-0.2, -0.15) is 0 Å². The number of amides is 1. The lowest BCUT2D eigenvalue weighted by atomic mass is 9.95. The smallest absolute Gasteiger partial charge is 0.255 e. The highest BCUT2D eigenvalue weighted by molar-refractivity contribution is 7.80. The van der Waals surface area contributed by atoms with Crippen molar-refractivity contribution >= 4 is 52.1 Å². The molecule has 1 aliphatic rings. The Kier molecular flexibility index (Phi) is 5.89. The molecule has 8 heteroatoms. The zero-order chi connectivity index (χ0) is 19.6. The molecule has 3 N–H and O–H groups in total. The fourth-order valence-corrected chi connectivity index (χ4v) is 3.63. The number of benzene rings is 2. The van der Waals surface area contributed by atoms with Crippen molar-refractivity contribution in [2.45, 2.75) is 13.0 Å². The number of halogens is 2. The predicted octanol–water partition coefficient (Wildman–Crippen LogP) is 4.43. The third-order valence-corrected chi connectivity index (χ3v) is 4.92. The number of rotatable bonds is 4. The van der Waals surface area contributed by atoms with Crippen LogP contribution in [0, 0.1) is 0 Å². The summed E-state index contributed by atoms with van der Waals surface area (Å²) in [6.07, 6.45) is 0. The number of ether oxygens (including phenoxy) is 1. The first-order chi connectivity index (χ1) is 12.9. The Morgan fingerprint density at radius 3 is 2.52 bits per heavy atom. The van der Waals surface area contributed by atoms with E-state index in [0.29, 0.717) is 43.4 Å². The maximum Gasteiger partial charge on any atom is 0.255 e. The molecule has 140 valence electrons. The number of allylic oxidation sites excluding steroid dienone is 1. The average Bonchev–Trinajstić information content (AvgIpc) is 2.61. The summed E-state index contributed by atoms with van der Waals surface area (Å²) in [7, 11) is 1.59. The van der Waals surface area contributed by atoms with E-state index in [4.69, 9.17) is 40.2 Å². The topological polar surface area (TPSA) is 62.4 Å². The second-order valence-corrected chi connectivity index (χ2v) is 7.17. The molecule has 1 amide bonds. The minimum atomic E-state index is -0.498. The lowest BCUT2D eigenvalue weighted by Gasteiger charge is -2.31. The van der Waals surface area contributed by atoms with Crippen LogP contribution in [0.2, 0.25) is 10.0 Å². The monoisotopic (exact) mass is 421 g/mol. The van der Waals surface area contributed by atoms with Crippen LogP contribution in [0.1, 0.15) is 18.5 Å². The van der Waals surface area contributed by atoms with Crippen LogP contribution in [-0.4, -0.2) is 18.1 Å². The van der Waals surface area contributed by atoms with Crippen molar-refractivity contribution in [3.63, 3.8) is 0 Å². The van der Waals surface area contributed by atoms with E-state index < -0.39 is 6.04 Å². The maximum atomic E-state index is 13.0. The highest BCUT2D eigenvalue weighted by atomic mass is 35.5. The second-order valence-electron chi connectivity index (χ2n) is 5.92. The van der Waals surface area contributed by atoms with Crippen molar-refractivity contribution in [1.29, 1.82) is 0 Å². The van der Waals surface area contributed by atoms with Crippen LogP contribution in [0.25, 0.3) is 0 Å². The Morgan fingerprint density at radius 2 is 1.89 bits per heavy atom. The molecule has 3 rings (SSSR count). The van der Waals surface area contributed by atoms with Gasteiger partial charge in [0.1, 0.15) is 5.75 Å². The number of nitrogens with one attached hydrogen (secondary N) is 3. The van der Waals surface area contributed by atoms with Gasteiger partial charge >= 0.3 is 0 Å². The highest BCUT2D eigenvalue weighted by Gasteiger charge is 2.31. The molecule has 0 bridgehead atoms. The van der Waals surface area contributed by atoms with Gasteiger partial charge in [0.25, 0.3) is 5.91 Å². The van der Waals surface area contributed by atoms with E-state index in [1.807, 2.05) is 0 Å². The number of anilines is 1. The number of thiocarbonyl (C=S) groups is 1. The molecule has 0 aliphatic carbocycles. The molecule has 1 heterocycles. The molecule has 0 spiro atoms. The van der Waals surface area contributed by atoms with Crippen molar-refractivity contribution in [2.75, 3.05) is 12.4 Å². The van der Waals surface area contributed by atoms with Gasteiger partial charge in [0.2, 0.25) is 0 Å². The first kappa shape index (κ1) is 19.5. The predicted molar refractivity (Wildman–Crippen MR) is 112 cm³/mol. The largest absolute Gasteiger partial charge is 0.497 e. The van der Waals surface area contributed by atoms with Gasteiger partial charge in [-0.25, -0.2) is 0 Å². The van der Waals surface area contributed by atoms with E-state index in [1.165, 1.54) is 0 Å². The molecule has 0 aromatic heterocycles. The summed E-state index contributed by atoms with van der Waals surface area (Å²) in [6, 6.07) is 11.7. The van der Waals surface area contributed by atoms with Crippen LogP contribution in [-0.2, 0) is 4.79 Å². The maximum absolute atomic E-state index is 13.0. The molecule has 2 aromatic carbocycles. The van der Waals surface area contributed by atoms with E-state index in [-0.39, 0.29) is 5.91 Å². The van der Waals surface area contributed by atoms with Crippen LogP contribution in [0.15, 0.2) is 53.7 Å². The third-order valence-electron chi connectivity index (χ3n) is 4.14. The number of carbonyl (C=O) groups is 1. The normalized spacial score (nSPS) is 16.4. The summed E-state index contributed by atoms with van der Waals surface area (Å²) >= 11 is 17.6. The van der Waals surface area contributed by atoms with E-state index in [2.05, 4.69) is 16.0 Å². The van der Waals surface area contributed by atoms with Crippen LogP contribution < -0.4 is 20.7 Å². The Morgan fingerprint density at radius 1 is 1.19 bits per heavy atom. The van der Waals surface area contributed by atoms with Crippen molar-refractivity contribution in [3.05, 3.63) is 69.3 Å². The van der Waals surface area contributed by atoms with Crippen molar-refractivity contribution in [2.24, 2.45) is 0 Å². The number of methoxy groups -OCH3 is 1. The molecular formula is C19H17Cl2N3O2S. The zero-order valence-electron chi connectivity index (χ0n) is 14.6. The molecule has 0 saturated carbocycles. The van der Waals surface area contributed by atoms with Crippen LogP contribution in [0.4, 0.5) is 5.69 Å². The molecule has 0 saturated heterocycles. The SMILES string of the molecule is COc1ccc(NC(=O)C2=C(C)NC(=S)NC2c2ccc(Cl)cc2Cl)cc1. The van der Waals surface area contributed by atoms with Crippen LogP contribution in [0.3, 0.4) is 0 Å². The van der Waals surface area contributed by atoms with E-state index in [0.717, 1.165) is 0 Å². The summed E-state index contributed by atoms with van der Waals surface area (Å²) in [6.45, 7) is 1.80. The van der Waals surface area contributed by atoms with Gasteiger partial charge in [-0.05, 0) is 61.1 Å². The average molecular weight is 422 g/mol. The summed E-state index contributed by atoms with van der Waals surface area (Å²) in [5.41, 5.74) is 2.50. The standard InChI is InChI=1S/C19H17Cl2N3O2S/c1-10-16(18(25)23-12-4-6-13(26-2)7-5-12)17(24-19(27)22-10)14-8-3-11(20)9-15(14)21/h3-9,17H,1-2H3,(H,23,25)(H2,22,24,27). The number of carbonyl (C=O) groups excluding carboxylic acids is 1. The second kappa shape index (κ2) is 8.17. The van der Waals surface area contributed by atoms with E-state index in [9.17, 15) is 4.79 Å². The van der Waals surface area contributed by atoms with Gasteiger partial charge in [0.15, 0.2) is 5.11 Å². The lowest BCUT2D eigenvalue weighted by molar-refractivity contribution is -0.113. The molecule has 2 aromatic rings. The van der Waals surface area contributed by atoms with Gasteiger partial charge in [-0.1, -0.05) is 29.3 Å². The Bertz CT molecular complexity index is 929. The van der Waals surface area contributed by atoms with Crippen molar-refractivity contribution in [1.82, 2.24) is 10.6 Å². The fourth-order valence-electron chi connectivity index (χ4n) is 2.84. The fraction of sp³-hybridized carbons (Fsp3) is 0.158. The quantitative estimate of drug-likeness (QED) is 0.637. The minimum Gasteiger partial charge on any atom is -0.497 e. The third kappa shape index (κ3) is 4.35.